The molecule has 75 heavy (non-hydrogen) atoms. The average molecular weight is 1050 g/mol. The summed E-state index contributed by atoms with van der Waals surface area (Å²) in [5, 5.41) is 43.4. The Morgan fingerprint density at radius 3 is 2.35 bits per heavy atom. The van der Waals surface area contributed by atoms with Crippen molar-refractivity contribution in [2.24, 2.45) is 4.99 Å². The lowest BCUT2D eigenvalue weighted by Crippen LogP contribution is -2.41. The van der Waals surface area contributed by atoms with Gasteiger partial charge >= 0.3 is 7.40 Å². The van der Waals surface area contributed by atoms with E-state index in [0.29, 0.717) is 91.6 Å². The molecule has 2 aromatic heterocycles. The van der Waals surface area contributed by atoms with E-state index in [9.17, 15) is 38.3 Å². The molecule has 3 aromatic carbocycles. The predicted octanol–water partition coefficient (Wildman–Crippen LogP) is 8.83. The number of thiophene rings is 1. The number of nitrogens with one attached hydrogen (secondary N) is 4. The molecule has 3 heterocycles. The molecular weight excluding hydrogens is 978 g/mol. The third-order valence-corrected chi connectivity index (χ3v) is 13.3. The first kappa shape index (κ1) is 57.6. The van der Waals surface area contributed by atoms with Gasteiger partial charge in [0.25, 0.3) is 5.91 Å². The Morgan fingerprint density at radius 1 is 0.787 bits per heavy atom. The van der Waals surface area contributed by atoms with Gasteiger partial charge in [0.05, 0.1) is 29.8 Å². The molecule has 2 unspecified atom stereocenters. The maximum absolute atomic E-state index is 14.0. The molecule has 0 spiro atoms. The maximum Gasteiger partial charge on any atom is 0.678 e. The number of aliphatic hydroxyl groups is 2. The van der Waals surface area contributed by atoms with Crippen LogP contribution in [0.3, 0.4) is 0 Å². The van der Waals surface area contributed by atoms with Gasteiger partial charge in [0.15, 0.2) is 6.61 Å². The monoisotopic (exact) mass is 1050 g/mol. The third kappa shape index (κ3) is 20.2. The lowest BCUT2D eigenvalue weighted by Gasteiger charge is -2.18. The number of hydrogen-bond acceptors (Lipinski definition) is 11. The van der Waals surface area contributed by atoms with E-state index in [1.807, 2.05) is 66.1 Å². The smallest absolute Gasteiger partial charge is 0.508 e. The van der Waals surface area contributed by atoms with Crippen molar-refractivity contribution in [2.75, 3.05) is 45.9 Å². The van der Waals surface area contributed by atoms with E-state index in [2.05, 4.69) is 38.4 Å². The van der Waals surface area contributed by atoms with Crippen molar-refractivity contribution in [2.45, 2.75) is 89.4 Å². The van der Waals surface area contributed by atoms with E-state index in [1.165, 1.54) is 23.0 Å². The Morgan fingerprint density at radius 2 is 1.56 bits per heavy atom. The zero-order chi connectivity index (χ0) is 53.0. The molecule has 398 valence electrons. The second kappa shape index (κ2) is 31.9. The van der Waals surface area contributed by atoms with Gasteiger partial charge in [-0.2, -0.15) is 0 Å². The number of rotatable bonds is 34. The van der Waals surface area contributed by atoms with Crippen LogP contribution < -0.4 is 26.0 Å². The van der Waals surface area contributed by atoms with Crippen molar-refractivity contribution in [3.8, 4) is 22.1 Å². The molecule has 3 amide bonds. The summed E-state index contributed by atoms with van der Waals surface area (Å²) < 4.78 is 40.8. The minimum absolute atomic E-state index is 0.00187. The first-order valence-electron chi connectivity index (χ1n) is 25.8. The first-order chi connectivity index (χ1) is 36.6. The Kier molecular flexibility index (Phi) is 24.5. The van der Waals surface area contributed by atoms with Gasteiger partial charge < -0.3 is 50.5 Å². The van der Waals surface area contributed by atoms with Gasteiger partial charge in [0.2, 0.25) is 11.8 Å². The number of benzene rings is 3. The standard InChI is InChI=1S/C57H69BF2N6O8S/c59-58(60)66-48(26-29-50(66)54-17-12-36-75-54)38-47-25-24-46(65-47)23-19-43-20-27-49(28-21-43)74-41-56(71)62-32-9-4-7-18-55(70)63-33-34-64-57(72)53(16-11-15-42-13-5-3-6-14-42)73-35-10-2-1-8-31-61-39-52(69)44-22-30-51(68)45(37-44)40-67/h3,5-6,12-14,17,19-30,36-38,52-53,61,67-69H,1-2,4,7-11,15-16,18,31-35,39-41H2,(H,62,71)(H,63,70)(H,64,72)/b23-19+,47-38-. The maximum atomic E-state index is 14.0. The summed E-state index contributed by atoms with van der Waals surface area (Å²) in [5.41, 5.74) is 5.18. The van der Waals surface area contributed by atoms with E-state index in [-0.39, 0.29) is 43.2 Å². The Labute approximate surface area is 442 Å². The molecule has 1 aliphatic rings. The van der Waals surface area contributed by atoms with Crippen LogP contribution in [-0.2, 0) is 32.1 Å². The van der Waals surface area contributed by atoms with Crippen LogP contribution in [0.4, 0.5) is 8.63 Å². The molecule has 14 nitrogen and oxygen atoms in total. The quantitative estimate of drug-likeness (QED) is 0.0156. The topological polar surface area (TPSA) is 196 Å². The second-order valence-corrected chi connectivity index (χ2v) is 19.1. The summed E-state index contributed by atoms with van der Waals surface area (Å²) in [6, 6.07) is 29.1. The number of ether oxygens (including phenoxy) is 2. The third-order valence-electron chi connectivity index (χ3n) is 12.4. The van der Waals surface area contributed by atoms with Gasteiger partial charge in [-0.1, -0.05) is 79.9 Å². The van der Waals surface area contributed by atoms with Crippen LogP contribution in [0.2, 0.25) is 0 Å². The number of carbonyl (C=O) groups is 3. The summed E-state index contributed by atoms with van der Waals surface area (Å²) in [7, 11) is -2.69. The summed E-state index contributed by atoms with van der Waals surface area (Å²) in [5.74, 6) is 0.000774. The number of amides is 3. The van der Waals surface area contributed by atoms with Crippen LogP contribution in [0.25, 0.3) is 22.7 Å². The van der Waals surface area contributed by atoms with Crippen molar-refractivity contribution in [3.05, 3.63) is 154 Å². The van der Waals surface area contributed by atoms with Gasteiger partial charge in [0, 0.05) is 55.3 Å². The average Bonchev–Trinajstić information content (AvgIpc) is 4.22. The van der Waals surface area contributed by atoms with Crippen LogP contribution in [-0.4, -0.2) is 103 Å². The number of aromatic hydroxyl groups is 1. The lowest BCUT2D eigenvalue weighted by molar-refractivity contribution is -0.133. The van der Waals surface area contributed by atoms with Crippen molar-refractivity contribution in [3.63, 3.8) is 0 Å². The molecule has 0 saturated carbocycles. The number of halogens is 2. The highest BCUT2D eigenvalue weighted by atomic mass is 32.1. The van der Waals surface area contributed by atoms with Gasteiger partial charge in [-0.15, -0.1) is 11.3 Å². The number of aliphatic imine (C=N–C) groups is 1. The molecule has 2 atom stereocenters. The van der Waals surface area contributed by atoms with Gasteiger partial charge in [-0.25, -0.2) is 4.99 Å². The zero-order valence-electron chi connectivity index (χ0n) is 42.3. The van der Waals surface area contributed by atoms with Crippen molar-refractivity contribution >= 4 is 54.3 Å². The summed E-state index contributed by atoms with van der Waals surface area (Å²) in [6.07, 6.45) is 15.9. The number of carbonyl (C=O) groups excluding carboxylic acids is 3. The highest BCUT2D eigenvalue weighted by molar-refractivity contribution is 7.13. The number of hydrogen-bond donors (Lipinski definition) is 7. The van der Waals surface area contributed by atoms with Crippen molar-refractivity contribution in [1.29, 1.82) is 0 Å². The number of allylic oxidation sites excluding steroid dienone is 3. The Hall–Kier alpha value is -6.70. The number of aliphatic hydroxyl groups excluding tert-OH is 2. The molecular formula is C57H69BF2N6O8S. The molecule has 0 saturated heterocycles. The predicted molar refractivity (Wildman–Crippen MR) is 294 cm³/mol. The largest absolute Gasteiger partial charge is 0.678 e. The van der Waals surface area contributed by atoms with E-state index in [0.717, 1.165) is 66.4 Å². The highest BCUT2D eigenvalue weighted by Gasteiger charge is 2.24. The molecule has 0 radical (unpaired) electrons. The number of nitrogens with zero attached hydrogens (tertiary/aromatic N) is 2. The molecule has 5 aromatic rings. The van der Waals surface area contributed by atoms with Crippen LogP contribution in [0.15, 0.2) is 131 Å². The number of aromatic nitrogens is 1. The summed E-state index contributed by atoms with van der Waals surface area (Å²) in [4.78, 5) is 43.5. The molecule has 18 heteroatoms. The van der Waals surface area contributed by atoms with Crippen LogP contribution in [0.5, 0.6) is 11.5 Å². The van der Waals surface area contributed by atoms with E-state index in [1.54, 1.807) is 48.6 Å². The fourth-order valence-electron chi connectivity index (χ4n) is 8.26. The first-order valence-corrected chi connectivity index (χ1v) is 26.6. The second-order valence-electron chi connectivity index (χ2n) is 18.1. The van der Waals surface area contributed by atoms with Gasteiger partial charge in [0.1, 0.15) is 17.6 Å². The number of phenols is 1. The molecule has 1 aliphatic heterocycles. The molecule has 7 N–H and O–H groups in total. The van der Waals surface area contributed by atoms with Crippen molar-refractivity contribution < 1.29 is 47.8 Å². The van der Waals surface area contributed by atoms with E-state index < -0.39 is 19.6 Å². The summed E-state index contributed by atoms with van der Waals surface area (Å²) in [6.45, 7) is 2.15. The van der Waals surface area contributed by atoms with Crippen LogP contribution >= 0.6 is 11.3 Å². The van der Waals surface area contributed by atoms with Crippen LogP contribution in [0.1, 0.15) is 98.3 Å². The van der Waals surface area contributed by atoms with Gasteiger partial charge in [-0.3, -0.25) is 23.0 Å². The number of aryl methyl sites for hydroxylation is 1. The minimum Gasteiger partial charge on any atom is -0.508 e. The SMILES string of the molecule is O=C(CCCCCNC(=O)COc1ccc(/C=C/C2=NC(=C\c3ccc(-c4cccs4)n3B(F)F)/C=C2)cc1)NCCNC(=O)C(CCCc1ccccc1)OCCCCCCNCC(O)c1ccc(O)c(CO)c1. The number of unbranched alkanes of at least 4 members (excludes halogenated alkanes) is 5. The molecule has 6 rings (SSSR count). The summed E-state index contributed by atoms with van der Waals surface area (Å²) >= 11 is 1.41. The van der Waals surface area contributed by atoms with Crippen molar-refractivity contribution in [1.82, 2.24) is 25.7 Å². The lowest BCUT2D eigenvalue weighted by atomic mass is 10.1. The minimum atomic E-state index is -2.69. The zero-order valence-corrected chi connectivity index (χ0v) is 43.1. The normalized spacial score (nSPS) is 13.5. The Bertz CT molecular complexity index is 2660. The molecule has 0 aliphatic carbocycles. The fourth-order valence-corrected chi connectivity index (χ4v) is 9.01. The highest BCUT2D eigenvalue weighted by Crippen LogP contribution is 2.30. The Balaban J connectivity index is 0.786. The fraction of sp³-hybridized carbons (Fsp3) is 0.368. The molecule has 0 bridgehead atoms. The van der Waals surface area contributed by atoms with E-state index in [4.69, 9.17) is 9.47 Å². The van der Waals surface area contributed by atoms with Gasteiger partial charge in [-0.05, 0) is 140 Å². The molecule has 0 fully saturated rings. The van der Waals surface area contributed by atoms with E-state index >= 15 is 0 Å². The van der Waals surface area contributed by atoms with Crippen LogP contribution in [0, 0.1) is 0 Å².